The summed E-state index contributed by atoms with van der Waals surface area (Å²) >= 11 is 11.9. The first-order valence-corrected chi connectivity index (χ1v) is 7.12. The highest BCUT2D eigenvalue weighted by Gasteiger charge is 2.18. The maximum Gasteiger partial charge on any atom is 0.274 e. The number of amides is 1. The highest BCUT2D eigenvalue weighted by Crippen LogP contribution is 2.26. The van der Waals surface area contributed by atoms with Gasteiger partial charge in [-0.3, -0.25) is 9.20 Å². The summed E-state index contributed by atoms with van der Waals surface area (Å²) in [5.41, 5.74) is 1.60. The fourth-order valence-electron chi connectivity index (χ4n) is 2.18. The molecule has 112 valence electrons. The highest BCUT2D eigenvalue weighted by atomic mass is 35.5. The van der Waals surface area contributed by atoms with Gasteiger partial charge in [-0.2, -0.15) is 0 Å². The van der Waals surface area contributed by atoms with Gasteiger partial charge in [0.2, 0.25) is 0 Å². The quantitative estimate of drug-likeness (QED) is 0.755. The van der Waals surface area contributed by atoms with E-state index in [1.54, 1.807) is 25.1 Å². The van der Waals surface area contributed by atoms with Crippen molar-refractivity contribution >= 4 is 40.4 Å². The number of fused-ring (bicyclic) bond motifs is 1. The summed E-state index contributed by atoms with van der Waals surface area (Å²) < 4.78 is 14.8. The predicted molar refractivity (Wildman–Crippen MR) is 84.3 cm³/mol. The van der Waals surface area contributed by atoms with Crippen LogP contribution in [0.2, 0.25) is 10.0 Å². The Bertz CT molecular complexity index is 892. The van der Waals surface area contributed by atoms with Crippen molar-refractivity contribution < 1.29 is 9.18 Å². The molecular formula is C15H10Cl2FN3O. The molecule has 4 nitrogen and oxygen atoms in total. The normalized spacial score (nSPS) is 10.9. The largest absolute Gasteiger partial charge is 0.319 e. The van der Waals surface area contributed by atoms with Crippen molar-refractivity contribution in [3.05, 3.63) is 63.8 Å². The Morgan fingerprint density at radius 3 is 2.82 bits per heavy atom. The minimum atomic E-state index is -0.459. The lowest BCUT2D eigenvalue weighted by atomic mass is 10.2. The number of benzene rings is 1. The van der Waals surface area contributed by atoms with Crippen LogP contribution in [0.5, 0.6) is 0 Å². The number of carbonyl (C=O) groups is 1. The summed E-state index contributed by atoms with van der Waals surface area (Å²) in [4.78, 5) is 16.7. The van der Waals surface area contributed by atoms with Crippen LogP contribution in [0.15, 0.2) is 36.5 Å². The molecule has 22 heavy (non-hydrogen) atoms. The van der Waals surface area contributed by atoms with Gasteiger partial charge in [0.15, 0.2) is 0 Å². The lowest BCUT2D eigenvalue weighted by Gasteiger charge is -2.08. The fraction of sp³-hybridized carbons (Fsp3) is 0.0667. The summed E-state index contributed by atoms with van der Waals surface area (Å²) in [5, 5.41) is 3.47. The number of halogens is 3. The number of imidazole rings is 1. The monoisotopic (exact) mass is 337 g/mol. The highest BCUT2D eigenvalue weighted by molar-refractivity contribution is 6.35. The Kier molecular flexibility index (Phi) is 3.76. The molecule has 0 bridgehead atoms. The first-order chi connectivity index (χ1) is 10.5. The second kappa shape index (κ2) is 5.59. The van der Waals surface area contributed by atoms with Crippen LogP contribution in [0.25, 0.3) is 5.65 Å². The number of anilines is 1. The van der Waals surface area contributed by atoms with Crippen molar-refractivity contribution in [1.82, 2.24) is 9.38 Å². The lowest BCUT2D eigenvalue weighted by molar-refractivity contribution is 0.102. The molecule has 0 spiro atoms. The Labute approximate surface area is 135 Å². The smallest absolute Gasteiger partial charge is 0.274 e. The van der Waals surface area contributed by atoms with Crippen LogP contribution in [0.3, 0.4) is 0 Å². The van der Waals surface area contributed by atoms with E-state index in [0.717, 1.165) is 0 Å². The summed E-state index contributed by atoms with van der Waals surface area (Å²) in [6.07, 6.45) is 1.21. The van der Waals surface area contributed by atoms with Gasteiger partial charge in [0.05, 0.1) is 16.4 Å². The molecule has 3 rings (SSSR count). The molecule has 1 amide bonds. The summed E-state index contributed by atoms with van der Waals surface area (Å²) in [5.74, 6) is -0.903. The second-order valence-electron chi connectivity index (χ2n) is 4.70. The molecule has 0 unspecified atom stereocenters. The molecule has 1 N–H and O–H groups in total. The Morgan fingerprint density at radius 1 is 1.27 bits per heavy atom. The maximum atomic E-state index is 13.4. The molecule has 2 aromatic heterocycles. The van der Waals surface area contributed by atoms with E-state index < -0.39 is 11.7 Å². The number of carbonyl (C=O) groups excluding carboxylic acids is 1. The molecule has 0 radical (unpaired) electrons. The minimum Gasteiger partial charge on any atom is -0.319 e. The van der Waals surface area contributed by atoms with Crippen LogP contribution in [-0.4, -0.2) is 15.3 Å². The fourth-order valence-corrected chi connectivity index (χ4v) is 2.52. The third-order valence-corrected chi connectivity index (χ3v) is 3.71. The van der Waals surface area contributed by atoms with Crippen LogP contribution >= 0.6 is 23.2 Å². The van der Waals surface area contributed by atoms with Crippen molar-refractivity contribution in [2.45, 2.75) is 6.92 Å². The van der Waals surface area contributed by atoms with Crippen LogP contribution in [0.1, 0.15) is 16.2 Å². The molecule has 0 saturated carbocycles. The first kappa shape index (κ1) is 14.8. The van der Waals surface area contributed by atoms with E-state index in [2.05, 4.69) is 10.3 Å². The number of nitrogens with zero attached hydrogens (tertiary/aromatic N) is 2. The minimum absolute atomic E-state index is 0.241. The van der Waals surface area contributed by atoms with Crippen LogP contribution < -0.4 is 5.32 Å². The van der Waals surface area contributed by atoms with Gasteiger partial charge in [-0.15, -0.1) is 0 Å². The average molecular weight is 338 g/mol. The number of hydrogen-bond acceptors (Lipinski definition) is 2. The standard InChI is InChI=1S/C15H10Cl2FN3O/c1-8-14(21-7-10(18)3-5-13(21)19-8)15(22)20-12-6-9(16)2-4-11(12)17/h2-7H,1H3,(H,20,22). The van der Waals surface area contributed by atoms with Crippen molar-refractivity contribution in [3.8, 4) is 0 Å². The molecular weight excluding hydrogens is 328 g/mol. The van der Waals surface area contributed by atoms with Crippen LogP contribution in [-0.2, 0) is 0 Å². The lowest BCUT2D eigenvalue weighted by Crippen LogP contribution is -2.16. The number of aromatic nitrogens is 2. The number of pyridine rings is 1. The molecule has 2 heterocycles. The molecule has 0 aliphatic carbocycles. The van der Waals surface area contributed by atoms with E-state index >= 15 is 0 Å². The van der Waals surface area contributed by atoms with Crippen LogP contribution in [0, 0.1) is 12.7 Å². The van der Waals surface area contributed by atoms with Gasteiger partial charge in [-0.25, -0.2) is 9.37 Å². The van der Waals surface area contributed by atoms with E-state index in [-0.39, 0.29) is 5.69 Å². The van der Waals surface area contributed by atoms with E-state index in [1.807, 2.05) is 0 Å². The van der Waals surface area contributed by atoms with E-state index in [0.29, 0.717) is 27.1 Å². The third-order valence-electron chi connectivity index (χ3n) is 3.15. The summed E-state index contributed by atoms with van der Waals surface area (Å²) in [7, 11) is 0. The topological polar surface area (TPSA) is 46.4 Å². The zero-order valence-electron chi connectivity index (χ0n) is 11.4. The second-order valence-corrected chi connectivity index (χ2v) is 5.54. The van der Waals surface area contributed by atoms with Gasteiger partial charge in [0, 0.05) is 11.2 Å². The van der Waals surface area contributed by atoms with Gasteiger partial charge in [-0.05, 0) is 37.3 Å². The van der Waals surface area contributed by atoms with Gasteiger partial charge >= 0.3 is 0 Å². The Hall–Kier alpha value is -2.11. The van der Waals surface area contributed by atoms with Gasteiger partial charge < -0.3 is 5.32 Å². The number of rotatable bonds is 2. The van der Waals surface area contributed by atoms with Crippen molar-refractivity contribution in [1.29, 1.82) is 0 Å². The first-order valence-electron chi connectivity index (χ1n) is 6.36. The Morgan fingerprint density at radius 2 is 2.05 bits per heavy atom. The maximum absolute atomic E-state index is 13.4. The zero-order chi connectivity index (χ0) is 15.9. The summed E-state index contributed by atoms with van der Waals surface area (Å²) in [6.45, 7) is 1.68. The molecule has 0 saturated heterocycles. The van der Waals surface area contributed by atoms with Crippen molar-refractivity contribution in [2.75, 3.05) is 5.32 Å². The molecule has 0 aliphatic rings. The number of nitrogens with one attached hydrogen (secondary N) is 1. The van der Waals surface area contributed by atoms with Gasteiger partial charge in [0.1, 0.15) is 17.2 Å². The summed E-state index contributed by atoms with van der Waals surface area (Å²) in [6, 6.07) is 7.54. The Balaban J connectivity index is 2.04. The van der Waals surface area contributed by atoms with Crippen LogP contribution in [0.4, 0.5) is 10.1 Å². The third kappa shape index (κ3) is 2.65. The molecule has 7 heteroatoms. The molecule has 3 aromatic rings. The van der Waals surface area contributed by atoms with E-state index in [4.69, 9.17) is 23.2 Å². The van der Waals surface area contributed by atoms with Crippen molar-refractivity contribution in [3.63, 3.8) is 0 Å². The predicted octanol–water partition coefficient (Wildman–Crippen LogP) is 4.34. The van der Waals surface area contributed by atoms with E-state index in [1.165, 1.54) is 22.7 Å². The van der Waals surface area contributed by atoms with Gasteiger partial charge in [0.25, 0.3) is 5.91 Å². The average Bonchev–Trinajstić information content (AvgIpc) is 2.78. The van der Waals surface area contributed by atoms with Gasteiger partial charge in [-0.1, -0.05) is 23.2 Å². The SMILES string of the molecule is Cc1nc2ccc(F)cn2c1C(=O)Nc1cc(Cl)ccc1Cl. The number of aryl methyl sites for hydroxylation is 1. The zero-order valence-corrected chi connectivity index (χ0v) is 12.9. The molecule has 0 fully saturated rings. The molecule has 0 aliphatic heterocycles. The van der Waals surface area contributed by atoms with Crippen molar-refractivity contribution in [2.24, 2.45) is 0 Å². The van der Waals surface area contributed by atoms with E-state index in [9.17, 15) is 9.18 Å². The molecule has 1 aromatic carbocycles. The molecule has 0 atom stereocenters. The number of hydrogen-bond donors (Lipinski definition) is 1.